The van der Waals surface area contributed by atoms with Gasteiger partial charge in [0.1, 0.15) is 11.7 Å². The molecule has 4 rings (SSSR count). The lowest BCUT2D eigenvalue weighted by molar-refractivity contribution is -0.149. The summed E-state index contributed by atoms with van der Waals surface area (Å²) in [7, 11) is 0. The van der Waals surface area contributed by atoms with Crippen molar-refractivity contribution < 1.29 is 24.0 Å². The van der Waals surface area contributed by atoms with Crippen molar-refractivity contribution in [1.82, 2.24) is 15.5 Å². The minimum Gasteiger partial charge on any atom is -0.351 e. The minimum atomic E-state index is -1.02. The number of piperidine rings is 1. The van der Waals surface area contributed by atoms with Crippen LogP contribution in [0.15, 0.2) is 66.4 Å². The van der Waals surface area contributed by atoms with E-state index in [1.54, 1.807) is 36.4 Å². The summed E-state index contributed by atoms with van der Waals surface area (Å²) in [5.41, 5.74) is 2.00. The molecule has 1 atom stereocenters. The van der Waals surface area contributed by atoms with E-state index in [-0.39, 0.29) is 31.1 Å². The molecule has 2 aromatic carbocycles. The summed E-state index contributed by atoms with van der Waals surface area (Å²) in [5.74, 6) is -2.35. The molecule has 0 saturated carbocycles. The third-order valence-corrected chi connectivity index (χ3v) is 5.17. The lowest BCUT2D eigenvalue weighted by atomic mass is 10.0. The molecule has 2 heterocycles. The summed E-state index contributed by atoms with van der Waals surface area (Å²) in [6.07, 6.45) is 1.28. The molecule has 10 nitrogen and oxygen atoms in total. The van der Waals surface area contributed by atoms with E-state index in [9.17, 15) is 24.0 Å². The quantitative estimate of drug-likeness (QED) is 0.495. The highest BCUT2D eigenvalue weighted by Gasteiger charge is 2.42. The van der Waals surface area contributed by atoms with Gasteiger partial charge in [0, 0.05) is 30.4 Å². The molecule has 0 bridgehead atoms. The summed E-state index contributed by atoms with van der Waals surface area (Å²) >= 11 is 0. The maximum Gasteiger partial charge on any atom is 0.319 e. The fourth-order valence-electron chi connectivity index (χ4n) is 3.59. The number of rotatable bonds is 6. The van der Waals surface area contributed by atoms with Gasteiger partial charge in [-0.15, -0.1) is 0 Å². The number of nitrogens with zero attached hydrogens (tertiary/aromatic N) is 1. The van der Waals surface area contributed by atoms with Gasteiger partial charge in [0.15, 0.2) is 0 Å². The molecule has 0 spiro atoms. The van der Waals surface area contributed by atoms with Crippen LogP contribution in [0, 0.1) is 0 Å². The fraction of sp³-hybridized carbons (Fsp3) is 0.174. The van der Waals surface area contributed by atoms with Crippen molar-refractivity contribution in [2.75, 3.05) is 10.6 Å². The van der Waals surface area contributed by atoms with Crippen LogP contribution in [0.3, 0.4) is 0 Å². The first-order valence-corrected chi connectivity index (χ1v) is 10.3. The number of hydrogen-bond donors (Lipinski definition) is 4. The normalized spacial score (nSPS) is 18.0. The Hall–Kier alpha value is -4.47. The summed E-state index contributed by atoms with van der Waals surface area (Å²) in [6, 6.07) is 14.6. The summed E-state index contributed by atoms with van der Waals surface area (Å²) in [4.78, 5) is 61.5. The SMILES string of the molecule is O=C1CCC(N2C(=O)C=C(Nc3cccc(CNC(=O)Nc4ccccc4)c3)C2=O)C(=O)N1. The van der Waals surface area contributed by atoms with Crippen molar-refractivity contribution in [3.8, 4) is 0 Å². The Bertz CT molecular complexity index is 1160. The fourth-order valence-corrected chi connectivity index (χ4v) is 3.59. The number of nitrogens with one attached hydrogen (secondary N) is 4. The zero-order valence-electron chi connectivity index (χ0n) is 17.5. The number of amides is 6. The molecule has 4 N–H and O–H groups in total. The highest BCUT2D eigenvalue weighted by atomic mass is 16.2. The number of para-hydroxylation sites is 1. The van der Waals surface area contributed by atoms with Gasteiger partial charge in [0.05, 0.1) is 0 Å². The smallest absolute Gasteiger partial charge is 0.319 e. The van der Waals surface area contributed by atoms with Crippen molar-refractivity contribution in [3.05, 3.63) is 71.9 Å². The maximum atomic E-state index is 12.8. The molecule has 10 heteroatoms. The van der Waals surface area contributed by atoms with E-state index in [2.05, 4.69) is 21.3 Å². The van der Waals surface area contributed by atoms with Gasteiger partial charge in [-0.1, -0.05) is 30.3 Å². The van der Waals surface area contributed by atoms with Gasteiger partial charge in [-0.2, -0.15) is 0 Å². The molecular weight excluding hydrogens is 426 g/mol. The van der Waals surface area contributed by atoms with Crippen LogP contribution in [-0.2, 0) is 25.7 Å². The number of urea groups is 1. The summed E-state index contributed by atoms with van der Waals surface area (Å²) in [5, 5.41) is 10.5. The van der Waals surface area contributed by atoms with Gasteiger partial charge in [0.25, 0.3) is 11.8 Å². The van der Waals surface area contributed by atoms with Crippen LogP contribution in [-0.4, -0.2) is 40.6 Å². The van der Waals surface area contributed by atoms with Crippen LogP contribution >= 0.6 is 0 Å². The first-order valence-electron chi connectivity index (χ1n) is 10.3. The number of imide groups is 2. The van der Waals surface area contributed by atoms with Gasteiger partial charge in [0.2, 0.25) is 11.8 Å². The van der Waals surface area contributed by atoms with E-state index < -0.39 is 29.7 Å². The van der Waals surface area contributed by atoms with E-state index >= 15 is 0 Å². The van der Waals surface area contributed by atoms with Crippen LogP contribution in [0.4, 0.5) is 16.2 Å². The third kappa shape index (κ3) is 5.06. The van der Waals surface area contributed by atoms with Crippen molar-refractivity contribution in [2.45, 2.75) is 25.4 Å². The molecule has 1 fully saturated rings. The summed E-state index contributed by atoms with van der Waals surface area (Å²) < 4.78 is 0. The number of anilines is 2. The van der Waals surface area contributed by atoms with Gasteiger partial charge in [-0.05, 0) is 36.2 Å². The Morgan fingerprint density at radius 1 is 1.00 bits per heavy atom. The lowest BCUT2D eigenvalue weighted by Crippen LogP contribution is -2.54. The Morgan fingerprint density at radius 2 is 1.76 bits per heavy atom. The molecule has 2 aliphatic rings. The zero-order valence-corrected chi connectivity index (χ0v) is 17.5. The number of carbonyl (C=O) groups excluding carboxylic acids is 5. The molecule has 6 amide bonds. The molecule has 33 heavy (non-hydrogen) atoms. The van der Waals surface area contributed by atoms with E-state index in [1.165, 1.54) is 0 Å². The molecule has 2 aliphatic heterocycles. The maximum absolute atomic E-state index is 12.8. The van der Waals surface area contributed by atoms with E-state index in [1.807, 2.05) is 18.2 Å². The minimum absolute atomic E-state index is 0.0247. The third-order valence-electron chi connectivity index (χ3n) is 5.17. The lowest BCUT2D eigenvalue weighted by Gasteiger charge is -2.28. The second kappa shape index (κ2) is 9.35. The second-order valence-electron chi connectivity index (χ2n) is 7.54. The average Bonchev–Trinajstić information content (AvgIpc) is 3.06. The number of hydrogen-bond acceptors (Lipinski definition) is 6. The second-order valence-corrected chi connectivity index (χ2v) is 7.54. The molecular formula is C23H21N5O5. The molecule has 2 aromatic rings. The van der Waals surface area contributed by atoms with Crippen LogP contribution in [0.25, 0.3) is 0 Å². The van der Waals surface area contributed by atoms with Crippen molar-refractivity contribution in [1.29, 1.82) is 0 Å². The van der Waals surface area contributed by atoms with Crippen LogP contribution in [0.5, 0.6) is 0 Å². The topological polar surface area (TPSA) is 137 Å². The summed E-state index contributed by atoms with van der Waals surface area (Å²) in [6.45, 7) is 0.239. The largest absolute Gasteiger partial charge is 0.351 e. The van der Waals surface area contributed by atoms with E-state index in [4.69, 9.17) is 0 Å². The highest BCUT2D eigenvalue weighted by molar-refractivity contribution is 6.20. The van der Waals surface area contributed by atoms with Crippen molar-refractivity contribution >= 4 is 41.0 Å². The Morgan fingerprint density at radius 3 is 2.52 bits per heavy atom. The van der Waals surface area contributed by atoms with Crippen LogP contribution < -0.4 is 21.3 Å². The first-order chi connectivity index (χ1) is 15.9. The monoisotopic (exact) mass is 447 g/mol. The van der Waals surface area contributed by atoms with Crippen LogP contribution in [0.1, 0.15) is 18.4 Å². The van der Waals surface area contributed by atoms with E-state index in [0.29, 0.717) is 11.4 Å². The molecule has 1 saturated heterocycles. The molecule has 1 unspecified atom stereocenters. The Labute approximate surface area is 189 Å². The average molecular weight is 447 g/mol. The highest BCUT2D eigenvalue weighted by Crippen LogP contribution is 2.23. The van der Waals surface area contributed by atoms with Crippen molar-refractivity contribution in [2.24, 2.45) is 0 Å². The van der Waals surface area contributed by atoms with Crippen molar-refractivity contribution in [3.63, 3.8) is 0 Å². The standard InChI is InChI=1S/C23H21N5O5/c29-19-10-9-18(21(31)27-19)28-20(30)12-17(22(28)32)25-16-8-4-5-14(11-16)13-24-23(33)26-15-6-2-1-3-7-15/h1-8,11-12,18,25H,9-10,13H2,(H2,24,26,33)(H,27,29,31). The molecule has 0 radical (unpaired) electrons. The number of benzene rings is 2. The molecule has 0 aromatic heterocycles. The molecule has 168 valence electrons. The van der Waals surface area contributed by atoms with E-state index in [0.717, 1.165) is 16.5 Å². The Kier molecular flexibility index (Phi) is 6.16. The predicted molar refractivity (Wildman–Crippen MR) is 118 cm³/mol. The first kappa shape index (κ1) is 21.8. The zero-order chi connectivity index (χ0) is 23.4. The molecule has 0 aliphatic carbocycles. The Balaban J connectivity index is 1.36. The predicted octanol–water partition coefficient (Wildman–Crippen LogP) is 1.48. The van der Waals surface area contributed by atoms with Gasteiger partial charge >= 0.3 is 6.03 Å². The van der Waals surface area contributed by atoms with Gasteiger partial charge in [-0.3, -0.25) is 29.4 Å². The van der Waals surface area contributed by atoms with Gasteiger partial charge in [-0.25, -0.2) is 4.79 Å². The number of carbonyl (C=O) groups is 5. The van der Waals surface area contributed by atoms with Gasteiger partial charge < -0.3 is 16.0 Å². The van der Waals surface area contributed by atoms with Crippen LogP contribution in [0.2, 0.25) is 0 Å².